The molecule has 1 aliphatic heterocycles. The predicted molar refractivity (Wildman–Crippen MR) is 118 cm³/mol. The number of rotatable bonds is 7. The Morgan fingerprint density at radius 2 is 1.77 bits per heavy atom. The minimum atomic E-state index is -0.307. The number of nitrogens with zero attached hydrogens (tertiary/aromatic N) is 2. The number of benzene rings is 2. The molecular formula is C25H26FN3O2. The van der Waals surface area contributed by atoms with Gasteiger partial charge in [0.2, 0.25) is 5.91 Å². The van der Waals surface area contributed by atoms with Crippen LogP contribution in [0.3, 0.4) is 0 Å². The highest BCUT2D eigenvalue weighted by Gasteiger charge is 2.11. The second-order valence-electron chi connectivity index (χ2n) is 7.71. The summed E-state index contributed by atoms with van der Waals surface area (Å²) in [6, 6.07) is 18.6. The van der Waals surface area contributed by atoms with Crippen LogP contribution >= 0.6 is 0 Å². The standard InChI is InChI=1S/C25H26FN3O2/c26-23-3-1-2-20(14-23)16-28-25(30)15-24-9-8-22(17-27-24)21-6-4-19(5-7-21)18-29-10-12-31-13-11-29/h1-9,14,17H,10-13,15-16,18H2,(H,28,30). The van der Waals surface area contributed by atoms with Crippen LogP contribution in [0, 0.1) is 5.82 Å². The molecule has 2 aromatic carbocycles. The summed E-state index contributed by atoms with van der Waals surface area (Å²) < 4.78 is 18.6. The molecule has 0 spiro atoms. The van der Waals surface area contributed by atoms with Crippen molar-refractivity contribution < 1.29 is 13.9 Å². The van der Waals surface area contributed by atoms with Crippen LogP contribution in [0.2, 0.25) is 0 Å². The molecule has 1 N–H and O–H groups in total. The molecule has 6 heteroatoms. The van der Waals surface area contributed by atoms with Crippen LogP contribution in [-0.2, 0) is 29.0 Å². The molecule has 1 amide bonds. The maximum Gasteiger partial charge on any atom is 0.226 e. The highest BCUT2D eigenvalue weighted by Crippen LogP contribution is 2.20. The van der Waals surface area contributed by atoms with E-state index in [-0.39, 0.29) is 18.1 Å². The Balaban J connectivity index is 1.29. The summed E-state index contributed by atoms with van der Waals surface area (Å²) in [7, 11) is 0. The Morgan fingerprint density at radius 1 is 1.00 bits per heavy atom. The molecular weight excluding hydrogens is 393 g/mol. The lowest BCUT2D eigenvalue weighted by molar-refractivity contribution is -0.120. The van der Waals surface area contributed by atoms with Gasteiger partial charge in [0.05, 0.1) is 19.6 Å². The number of aromatic nitrogens is 1. The zero-order valence-corrected chi connectivity index (χ0v) is 17.4. The Morgan fingerprint density at radius 3 is 2.48 bits per heavy atom. The van der Waals surface area contributed by atoms with E-state index >= 15 is 0 Å². The lowest BCUT2D eigenvalue weighted by atomic mass is 10.0. The van der Waals surface area contributed by atoms with E-state index in [1.807, 2.05) is 12.1 Å². The number of carbonyl (C=O) groups is 1. The fourth-order valence-corrected chi connectivity index (χ4v) is 3.59. The van der Waals surface area contributed by atoms with Gasteiger partial charge in [-0.1, -0.05) is 42.5 Å². The van der Waals surface area contributed by atoms with Crippen molar-refractivity contribution in [1.82, 2.24) is 15.2 Å². The lowest BCUT2D eigenvalue weighted by Crippen LogP contribution is -2.35. The van der Waals surface area contributed by atoms with Crippen molar-refractivity contribution in [3.05, 3.63) is 89.5 Å². The SMILES string of the molecule is O=C(Cc1ccc(-c2ccc(CN3CCOCC3)cc2)cn1)NCc1cccc(F)c1. The fraction of sp³-hybridized carbons (Fsp3) is 0.280. The van der Waals surface area contributed by atoms with Gasteiger partial charge in [0.15, 0.2) is 0 Å². The number of carbonyl (C=O) groups excluding carboxylic acids is 1. The minimum Gasteiger partial charge on any atom is -0.379 e. The van der Waals surface area contributed by atoms with Crippen molar-refractivity contribution in [2.24, 2.45) is 0 Å². The van der Waals surface area contributed by atoms with Crippen molar-refractivity contribution in [1.29, 1.82) is 0 Å². The topological polar surface area (TPSA) is 54.5 Å². The summed E-state index contributed by atoms with van der Waals surface area (Å²) in [5, 5.41) is 2.80. The first kappa shape index (κ1) is 21.2. The van der Waals surface area contributed by atoms with Gasteiger partial charge in [0, 0.05) is 43.6 Å². The molecule has 1 aliphatic rings. The van der Waals surface area contributed by atoms with E-state index in [1.54, 1.807) is 18.3 Å². The molecule has 3 aromatic rings. The van der Waals surface area contributed by atoms with Crippen LogP contribution < -0.4 is 5.32 Å². The first-order chi connectivity index (χ1) is 15.2. The van der Waals surface area contributed by atoms with E-state index in [9.17, 15) is 9.18 Å². The molecule has 1 saturated heterocycles. The Hall–Kier alpha value is -3.09. The number of morpholine rings is 1. The number of halogens is 1. The van der Waals surface area contributed by atoms with E-state index in [0.29, 0.717) is 12.2 Å². The summed E-state index contributed by atoms with van der Waals surface area (Å²) >= 11 is 0. The third kappa shape index (κ3) is 6.20. The molecule has 160 valence electrons. The summed E-state index contributed by atoms with van der Waals surface area (Å²) in [6.45, 7) is 4.79. The molecule has 0 radical (unpaired) electrons. The molecule has 1 aromatic heterocycles. The molecule has 4 rings (SSSR count). The van der Waals surface area contributed by atoms with E-state index in [0.717, 1.165) is 49.5 Å². The van der Waals surface area contributed by atoms with Crippen molar-refractivity contribution >= 4 is 5.91 Å². The second kappa shape index (κ2) is 10.3. The van der Waals surface area contributed by atoms with Gasteiger partial charge in [-0.05, 0) is 34.9 Å². The zero-order chi connectivity index (χ0) is 21.5. The van der Waals surface area contributed by atoms with Crippen LogP contribution in [-0.4, -0.2) is 42.1 Å². The summed E-state index contributed by atoms with van der Waals surface area (Å²) in [5.74, 6) is -0.449. The van der Waals surface area contributed by atoms with Gasteiger partial charge < -0.3 is 10.1 Å². The van der Waals surface area contributed by atoms with Crippen molar-refractivity contribution in [2.75, 3.05) is 26.3 Å². The summed E-state index contributed by atoms with van der Waals surface area (Å²) in [5.41, 5.74) is 4.82. The molecule has 1 fully saturated rings. The van der Waals surface area contributed by atoms with E-state index in [4.69, 9.17) is 4.74 Å². The van der Waals surface area contributed by atoms with E-state index in [1.165, 1.54) is 17.7 Å². The van der Waals surface area contributed by atoms with Gasteiger partial charge in [-0.25, -0.2) is 4.39 Å². The number of pyridine rings is 1. The second-order valence-corrected chi connectivity index (χ2v) is 7.71. The highest BCUT2D eigenvalue weighted by atomic mass is 19.1. The number of hydrogen-bond acceptors (Lipinski definition) is 4. The molecule has 0 bridgehead atoms. The van der Waals surface area contributed by atoms with Gasteiger partial charge in [-0.2, -0.15) is 0 Å². The first-order valence-corrected chi connectivity index (χ1v) is 10.5. The fourth-order valence-electron chi connectivity index (χ4n) is 3.59. The van der Waals surface area contributed by atoms with Gasteiger partial charge in [0.25, 0.3) is 0 Å². The number of amides is 1. The van der Waals surface area contributed by atoms with Gasteiger partial charge in [-0.15, -0.1) is 0 Å². The maximum atomic E-state index is 13.2. The van der Waals surface area contributed by atoms with Gasteiger partial charge in [-0.3, -0.25) is 14.7 Å². The van der Waals surface area contributed by atoms with E-state index in [2.05, 4.69) is 39.5 Å². The number of ether oxygens (including phenoxy) is 1. The lowest BCUT2D eigenvalue weighted by Gasteiger charge is -2.26. The van der Waals surface area contributed by atoms with Crippen molar-refractivity contribution in [3.63, 3.8) is 0 Å². The predicted octanol–water partition coefficient (Wildman–Crippen LogP) is 3.58. The Kier molecular flexibility index (Phi) is 7.02. The summed E-state index contributed by atoms with van der Waals surface area (Å²) in [4.78, 5) is 19.0. The Labute approximate surface area is 181 Å². The van der Waals surface area contributed by atoms with Crippen molar-refractivity contribution in [2.45, 2.75) is 19.5 Å². The third-order valence-corrected chi connectivity index (χ3v) is 5.34. The van der Waals surface area contributed by atoms with Crippen LogP contribution in [0.4, 0.5) is 4.39 Å². The van der Waals surface area contributed by atoms with Crippen LogP contribution in [0.25, 0.3) is 11.1 Å². The molecule has 31 heavy (non-hydrogen) atoms. The third-order valence-electron chi connectivity index (χ3n) is 5.34. The van der Waals surface area contributed by atoms with Crippen molar-refractivity contribution in [3.8, 4) is 11.1 Å². The highest BCUT2D eigenvalue weighted by molar-refractivity contribution is 5.78. The average Bonchev–Trinajstić information content (AvgIpc) is 2.80. The molecule has 0 atom stereocenters. The van der Waals surface area contributed by atoms with Crippen LogP contribution in [0.15, 0.2) is 66.9 Å². The molecule has 0 aliphatic carbocycles. The monoisotopic (exact) mass is 419 g/mol. The smallest absolute Gasteiger partial charge is 0.226 e. The number of hydrogen-bond donors (Lipinski definition) is 1. The zero-order valence-electron chi connectivity index (χ0n) is 17.4. The van der Waals surface area contributed by atoms with Gasteiger partial charge >= 0.3 is 0 Å². The number of nitrogens with one attached hydrogen (secondary N) is 1. The molecule has 2 heterocycles. The Bertz CT molecular complexity index is 1000. The first-order valence-electron chi connectivity index (χ1n) is 10.5. The van der Waals surface area contributed by atoms with Crippen LogP contribution in [0.1, 0.15) is 16.8 Å². The maximum absolute atomic E-state index is 13.2. The largest absolute Gasteiger partial charge is 0.379 e. The normalized spacial score (nSPS) is 14.4. The average molecular weight is 420 g/mol. The molecule has 0 unspecified atom stereocenters. The van der Waals surface area contributed by atoms with Gasteiger partial charge in [0.1, 0.15) is 5.82 Å². The molecule has 5 nitrogen and oxygen atoms in total. The molecule has 0 saturated carbocycles. The summed E-state index contributed by atoms with van der Waals surface area (Å²) in [6.07, 6.45) is 1.99. The quantitative estimate of drug-likeness (QED) is 0.636. The van der Waals surface area contributed by atoms with Crippen LogP contribution in [0.5, 0.6) is 0 Å². The minimum absolute atomic E-state index is 0.142. The van der Waals surface area contributed by atoms with E-state index < -0.39 is 0 Å².